The van der Waals surface area contributed by atoms with E-state index in [1.54, 1.807) is 0 Å². The molecule has 0 aliphatic carbocycles. The molecule has 90 valence electrons. The molecular weight excluding hydrogens is 196 g/mol. The average molecular weight is 220 g/mol. The Morgan fingerprint density at radius 1 is 1.31 bits per heavy atom. The summed E-state index contributed by atoms with van der Waals surface area (Å²) in [6, 6.07) is 9.11. The van der Waals surface area contributed by atoms with E-state index in [-0.39, 0.29) is 0 Å². The van der Waals surface area contributed by atoms with E-state index < -0.39 is 0 Å². The van der Waals surface area contributed by atoms with Crippen molar-refractivity contribution in [3.63, 3.8) is 0 Å². The second-order valence-corrected chi connectivity index (χ2v) is 4.78. The Morgan fingerprint density at radius 3 is 2.62 bits per heavy atom. The van der Waals surface area contributed by atoms with Crippen LogP contribution in [0.25, 0.3) is 0 Å². The number of nitrogens with one attached hydrogen (secondary N) is 1. The molecule has 0 spiro atoms. The summed E-state index contributed by atoms with van der Waals surface area (Å²) in [5, 5.41) is 3.51. The molecule has 0 aliphatic heterocycles. The fourth-order valence-electron chi connectivity index (χ4n) is 1.86. The Kier molecular flexibility index (Phi) is 5.50. The smallest absolute Gasteiger partial charge is 0.0213 e. The van der Waals surface area contributed by atoms with Crippen molar-refractivity contribution in [3.8, 4) is 0 Å². The first kappa shape index (κ1) is 13.2. The molecule has 0 radical (unpaired) electrons. The van der Waals surface area contributed by atoms with Crippen LogP contribution in [0.2, 0.25) is 0 Å². The fraction of sp³-hybridized carbons (Fsp3) is 0.571. The minimum Gasteiger partial charge on any atom is -0.329 e. The first-order chi connectivity index (χ1) is 7.63. The van der Waals surface area contributed by atoms with E-state index in [1.165, 1.54) is 11.1 Å². The highest BCUT2D eigenvalue weighted by atomic mass is 14.9. The zero-order valence-electron chi connectivity index (χ0n) is 10.7. The van der Waals surface area contributed by atoms with Crippen molar-refractivity contribution < 1.29 is 0 Å². The van der Waals surface area contributed by atoms with Crippen LogP contribution in [0.15, 0.2) is 24.3 Å². The average Bonchev–Trinajstić information content (AvgIpc) is 2.24. The van der Waals surface area contributed by atoms with Crippen LogP contribution in [0.4, 0.5) is 0 Å². The molecule has 2 heteroatoms. The maximum Gasteiger partial charge on any atom is 0.0213 e. The standard InChI is InChI=1S/C14H24N2/c1-11(2)14(10-15)16-8-7-13-6-4-5-12(3)9-13/h4-6,9,11,14,16H,7-8,10,15H2,1-3H3. The van der Waals surface area contributed by atoms with Gasteiger partial charge in [-0.25, -0.2) is 0 Å². The lowest BCUT2D eigenvalue weighted by Crippen LogP contribution is -2.41. The van der Waals surface area contributed by atoms with Crippen molar-refractivity contribution in [1.29, 1.82) is 0 Å². The van der Waals surface area contributed by atoms with Gasteiger partial charge in [-0.2, -0.15) is 0 Å². The molecule has 0 saturated carbocycles. The van der Waals surface area contributed by atoms with E-state index in [9.17, 15) is 0 Å². The van der Waals surface area contributed by atoms with Crippen LogP contribution < -0.4 is 11.1 Å². The van der Waals surface area contributed by atoms with Crippen molar-refractivity contribution in [2.24, 2.45) is 11.7 Å². The summed E-state index contributed by atoms with van der Waals surface area (Å²) in [5.74, 6) is 0.600. The van der Waals surface area contributed by atoms with Crippen LogP contribution in [0, 0.1) is 12.8 Å². The molecule has 1 rings (SSSR count). The summed E-state index contributed by atoms with van der Waals surface area (Å²) < 4.78 is 0. The summed E-state index contributed by atoms with van der Waals surface area (Å²) in [5.41, 5.74) is 8.44. The van der Waals surface area contributed by atoms with Gasteiger partial charge >= 0.3 is 0 Å². The van der Waals surface area contributed by atoms with E-state index in [4.69, 9.17) is 5.73 Å². The van der Waals surface area contributed by atoms with Gasteiger partial charge in [0.25, 0.3) is 0 Å². The number of hydrogen-bond donors (Lipinski definition) is 2. The van der Waals surface area contributed by atoms with Gasteiger partial charge in [0, 0.05) is 12.6 Å². The zero-order chi connectivity index (χ0) is 12.0. The van der Waals surface area contributed by atoms with Crippen LogP contribution in [-0.4, -0.2) is 19.1 Å². The highest BCUT2D eigenvalue weighted by Crippen LogP contribution is 2.05. The molecule has 0 aliphatic rings. The Morgan fingerprint density at radius 2 is 2.06 bits per heavy atom. The topological polar surface area (TPSA) is 38.0 Å². The molecule has 0 aromatic heterocycles. The SMILES string of the molecule is Cc1cccc(CCNC(CN)C(C)C)c1. The predicted octanol–water partition coefficient (Wildman–Crippen LogP) is 2.11. The maximum atomic E-state index is 5.71. The lowest BCUT2D eigenvalue weighted by Gasteiger charge is -2.20. The molecule has 1 aromatic carbocycles. The van der Waals surface area contributed by atoms with E-state index in [1.807, 2.05) is 0 Å². The molecular formula is C14H24N2. The van der Waals surface area contributed by atoms with Crippen molar-refractivity contribution in [2.75, 3.05) is 13.1 Å². The quantitative estimate of drug-likeness (QED) is 0.770. The van der Waals surface area contributed by atoms with E-state index >= 15 is 0 Å². The van der Waals surface area contributed by atoms with Crippen molar-refractivity contribution in [3.05, 3.63) is 35.4 Å². The molecule has 0 amide bonds. The normalized spacial score (nSPS) is 13.1. The molecule has 1 atom stereocenters. The second-order valence-electron chi connectivity index (χ2n) is 4.78. The number of rotatable bonds is 6. The lowest BCUT2D eigenvalue weighted by molar-refractivity contribution is 0.409. The van der Waals surface area contributed by atoms with Gasteiger partial charge in [-0.15, -0.1) is 0 Å². The lowest BCUT2D eigenvalue weighted by atomic mass is 10.0. The van der Waals surface area contributed by atoms with Crippen LogP contribution in [0.3, 0.4) is 0 Å². The number of hydrogen-bond acceptors (Lipinski definition) is 2. The zero-order valence-corrected chi connectivity index (χ0v) is 10.7. The Bertz CT molecular complexity index is 307. The first-order valence-electron chi connectivity index (χ1n) is 6.12. The van der Waals surface area contributed by atoms with Gasteiger partial charge in [0.05, 0.1) is 0 Å². The van der Waals surface area contributed by atoms with Crippen molar-refractivity contribution in [1.82, 2.24) is 5.32 Å². The number of benzene rings is 1. The molecule has 1 unspecified atom stereocenters. The first-order valence-corrected chi connectivity index (χ1v) is 6.12. The summed E-state index contributed by atoms with van der Waals surface area (Å²) in [7, 11) is 0. The van der Waals surface area contributed by atoms with E-state index in [2.05, 4.69) is 50.4 Å². The van der Waals surface area contributed by atoms with Crippen molar-refractivity contribution >= 4 is 0 Å². The van der Waals surface area contributed by atoms with Gasteiger partial charge in [0.2, 0.25) is 0 Å². The van der Waals surface area contributed by atoms with Gasteiger partial charge < -0.3 is 11.1 Å². The molecule has 3 N–H and O–H groups in total. The third-order valence-electron chi connectivity index (χ3n) is 2.96. The van der Waals surface area contributed by atoms with E-state index in [0.29, 0.717) is 18.5 Å². The van der Waals surface area contributed by atoms with E-state index in [0.717, 1.165) is 13.0 Å². The third-order valence-corrected chi connectivity index (χ3v) is 2.96. The molecule has 0 heterocycles. The fourth-order valence-corrected chi connectivity index (χ4v) is 1.86. The van der Waals surface area contributed by atoms with Crippen LogP contribution in [0.1, 0.15) is 25.0 Å². The predicted molar refractivity (Wildman–Crippen MR) is 70.6 cm³/mol. The largest absolute Gasteiger partial charge is 0.329 e. The molecule has 0 bridgehead atoms. The summed E-state index contributed by atoms with van der Waals surface area (Å²) >= 11 is 0. The van der Waals surface area contributed by atoms with Gasteiger partial charge in [0.15, 0.2) is 0 Å². The summed E-state index contributed by atoms with van der Waals surface area (Å²) in [6.07, 6.45) is 1.07. The second kappa shape index (κ2) is 6.66. The summed E-state index contributed by atoms with van der Waals surface area (Å²) in [6.45, 7) is 8.26. The molecule has 16 heavy (non-hydrogen) atoms. The van der Waals surface area contributed by atoms with Crippen LogP contribution in [-0.2, 0) is 6.42 Å². The Hall–Kier alpha value is -0.860. The van der Waals surface area contributed by atoms with Crippen LogP contribution >= 0.6 is 0 Å². The number of aryl methyl sites for hydroxylation is 1. The van der Waals surface area contributed by atoms with Gasteiger partial charge in [0.1, 0.15) is 0 Å². The Balaban J connectivity index is 2.35. The van der Waals surface area contributed by atoms with Crippen LogP contribution in [0.5, 0.6) is 0 Å². The highest BCUT2D eigenvalue weighted by molar-refractivity contribution is 5.22. The molecule has 2 nitrogen and oxygen atoms in total. The van der Waals surface area contributed by atoms with Gasteiger partial charge in [-0.3, -0.25) is 0 Å². The van der Waals surface area contributed by atoms with Crippen molar-refractivity contribution in [2.45, 2.75) is 33.2 Å². The molecule has 1 aromatic rings. The molecule has 0 saturated heterocycles. The molecule has 0 fully saturated rings. The number of nitrogens with two attached hydrogens (primary N) is 1. The highest BCUT2D eigenvalue weighted by Gasteiger charge is 2.09. The minimum absolute atomic E-state index is 0.435. The third kappa shape index (κ3) is 4.33. The summed E-state index contributed by atoms with van der Waals surface area (Å²) in [4.78, 5) is 0. The monoisotopic (exact) mass is 220 g/mol. The van der Waals surface area contributed by atoms with Gasteiger partial charge in [-0.1, -0.05) is 43.7 Å². The van der Waals surface area contributed by atoms with Gasteiger partial charge in [-0.05, 0) is 31.4 Å². The maximum absolute atomic E-state index is 5.71. The minimum atomic E-state index is 0.435. The Labute approximate surface area is 99.2 Å².